The van der Waals surface area contributed by atoms with Crippen LogP contribution in [0, 0.1) is 0 Å². The number of H-pyrrole nitrogens is 2. The second-order valence-corrected chi connectivity index (χ2v) is 8.21. The summed E-state index contributed by atoms with van der Waals surface area (Å²) in [6, 6.07) is 11.1. The summed E-state index contributed by atoms with van der Waals surface area (Å²) in [5.41, 5.74) is 2.90. The molecule has 0 saturated carbocycles. The first-order valence-corrected chi connectivity index (χ1v) is 11.8. The van der Waals surface area contributed by atoms with Crippen molar-refractivity contribution in [3.8, 4) is 23.0 Å². The molecule has 2 aromatic heterocycles. The van der Waals surface area contributed by atoms with Crippen LogP contribution in [-0.4, -0.2) is 69.7 Å². The number of hydrogen-bond acceptors (Lipinski definition) is 10. The average Bonchev–Trinajstić information content (AvgIpc) is 3.35. The molecule has 4 N–H and O–H groups in total. The lowest BCUT2D eigenvalue weighted by Gasteiger charge is -2.24. The number of hydrogen-bond donors (Lipinski definition) is 3. The van der Waals surface area contributed by atoms with Gasteiger partial charge >= 0.3 is 5.95 Å². The highest BCUT2D eigenvalue weighted by Crippen LogP contribution is 2.33. The third-order valence-electron chi connectivity index (χ3n) is 6.00. The van der Waals surface area contributed by atoms with Crippen LogP contribution in [0.25, 0.3) is 11.2 Å². The number of methoxy groups -OCH3 is 4. The Morgan fingerprint density at radius 3 is 2.00 bits per heavy atom. The number of aromatic nitrogens is 4. The highest BCUT2D eigenvalue weighted by Gasteiger charge is 2.25. The summed E-state index contributed by atoms with van der Waals surface area (Å²) in [4.78, 5) is 18.4. The number of morpholine rings is 1. The zero-order valence-electron chi connectivity index (χ0n) is 21.2. The molecule has 4 aromatic rings. The minimum Gasteiger partial charge on any atom is -0.493 e. The van der Waals surface area contributed by atoms with E-state index < -0.39 is 0 Å². The van der Waals surface area contributed by atoms with Crippen molar-refractivity contribution in [1.82, 2.24) is 15.0 Å². The van der Waals surface area contributed by atoms with E-state index in [0.717, 1.165) is 35.8 Å². The maximum absolute atomic E-state index is 5.56. The largest absolute Gasteiger partial charge is 0.493 e. The summed E-state index contributed by atoms with van der Waals surface area (Å²) in [7, 11) is 6.41. The van der Waals surface area contributed by atoms with Crippen molar-refractivity contribution >= 4 is 40.3 Å². The molecule has 12 nitrogen and oxygen atoms in total. The summed E-state index contributed by atoms with van der Waals surface area (Å²) in [5, 5.41) is 6.62. The lowest BCUT2D eigenvalue weighted by Crippen LogP contribution is -2.40. The predicted octanol–water partition coefficient (Wildman–Crippen LogP) is 3.13. The van der Waals surface area contributed by atoms with Crippen LogP contribution < -0.4 is 39.5 Å². The molecule has 1 aliphatic rings. The van der Waals surface area contributed by atoms with E-state index in [1.54, 1.807) is 28.4 Å². The number of nitrogens with one attached hydrogen (secondary N) is 4. The Morgan fingerprint density at radius 1 is 0.811 bits per heavy atom. The van der Waals surface area contributed by atoms with Crippen molar-refractivity contribution < 1.29 is 28.7 Å². The van der Waals surface area contributed by atoms with E-state index in [-0.39, 0.29) is 0 Å². The molecule has 1 fully saturated rings. The van der Waals surface area contributed by atoms with E-state index in [4.69, 9.17) is 33.7 Å². The third-order valence-corrected chi connectivity index (χ3v) is 6.00. The molecule has 0 atom stereocenters. The Morgan fingerprint density at radius 2 is 1.41 bits per heavy atom. The highest BCUT2D eigenvalue weighted by molar-refractivity contribution is 5.85. The molecule has 0 amide bonds. The van der Waals surface area contributed by atoms with Gasteiger partial charge in [0.25, 0.3) is 0 Å². The molecule has 1 saturated heterocycles. The van der Waals surface area contributed by atoms with E-state index in [9.17, 15) is 0 Å². The molecule has 12 heteroatoms. The number of fused-ring (bicyclic) bond motifs is 1. The Kier molecular flexibility index (Phi) is 6.99. The summed E-state index contributed by atoms with van der Waals surface area (Å²) >= 11 is 0. The van der Waals surface area contributed by atoms with Crippen molar-refractivity contribution in [3.63, 3.8) is 0 Å². The number of ether oxygens (including phenoxy) is 5. The van der Waals surface area contributed by atoms with Crippen LogP contribution in [0.4, 0.5) is 29.1 Å². The molecule has 0 radical (unpaired) electrons. The number of aromatic amines is 2. The van der Waals surface area contributed by atoms with Crippen LogP contribution in [0.2, 0.25) is 0 Å². The quantitative estimate of drug-likeness (QED) is 0.310. The molecule has 5 rings (SSSR count). The van der Waals surface area contributed by atoms with Crippen molar-refractivity contribution in [1.29, 1.82) is 0 Å². The van der Waals surface area contributed by atoms with E-state index in [1.807, 2.05) is 36.4 Å². The summed E-state index contributed by atoms with van der Waals surface area (Å²) < 4.78 is 27.1. The second-order valence-electron chi connectivity index (χ2n) is 8.21. The lowest BCUT2D eigenvalue weighted by atomic mass is 10.3. The Bertz CT molecular complexity index is 1390. The second kappa shape index (κ2) is 10.7. The van der Waals surface area contributed by atoms with E-state index in [2.05, 4.69) is 25.5 Å². The van der Waals surface area contributed by atoms with Gasteiger partial charge < -0.3 is 38.9 Å². The molecular weight excluding hydrogens is 478 g/mol. The molecular formula is C25H30N7O5+. The fourth-order valence-corrected chi connectivity index (χ4v) is 4.16. The third kappa shape index (κ3) is 5.09. The average molecular weight is 509 g/mol. The highest BCUT2D eigenvalue weighted by atomic mass is 16.5. The van der Waals surface area contributed by atoms with E-state index in [1.165, 1.54) is 0 Å². The van der Waals surface area contributed by atoms with Crippen LogP contribution in [0.3, 0.4) is 0 Å². The molecule has 0 aliphatic carbocycles. The lowest BCUT2D eigenvalue weighted by molar-refractivity contribution is -0.349. The number of benzene rings is 2. The van der Waals surface area contributed by atoms with Gasteiger partial charge in [0.2, 0.25) is 17.4 Å². The fourth-order valence-electron chi connectivity index (χ4n) is 4.16. The van der Waals surface area contributed by atoms with E-state index in [0.29, 0.717) is 53.8 Å². The fraction of sp³-hybridized carbons (Fsp3) is 0.320. The maximum Gasteiger partial charge on any atom is 0.351 e. The molecule has 3 heterocycles. The molecule has 1 aliphatic heterocycles. The molecule has 194 valence electrons. The number of nitrogens with zero attached hydrogens (tertiary/aromatic N) is 3. The van der Waals surface area contributed by atoms with Gasteiger partial charge in [-0.05, 0) is 24.3 Å². The Hall–Kier alpha value is -4.45. The summed E-state index contributed by atoms with van der Waals surface area (Å²) in [6.07, 6.45) is 0. The summed E-state index contributed by atoms with van der Waals surface area (Å²) in [5.74, 6) is 4.46. The first-order valence-electron chi connectivity index (χ1n) is 11.8. The first-order chi connectivity index (χ1) is 18.1. The van der Waals surface area contributed by atoms with Gasteiger partial charge in [0, 0.05) is 17.8 Å². The number of anilines is 5. The van der Waals surface area contributed by atoms with Crippen LogP contribution in [0.15, 0.2) is 36.4 Å². The minimum absolute atomic E-state index is 0.533. The van der Waals surface area contributed by atoms with Crippen LogP contribution >= 0.6 is 0 Å². The van der Waals surface area contributed by atoms with Gasteiger partial charge in [-0.15, -0.1) is 0 Å². The molecule has 0 unspecified atom stereocenters. The zero-order valence-corrected chi connectivity index (χ0v) is 21.2. The van der Waals surface area contributed by atoms with Crippen LogP contribution in [0.5, 0.6) is 23.0 Å². The molecule has 37 heavy (non-hydrogen) atoms. The first kappa shape index (κ1) is 24.3. The van der Waals surface area contributed by atoms with Crippen LogP contribution in [0.1, 0.15) is 0 Å². The van der Waals surface area contributed by atoms with Crippen molar-refractivity contribution in [2.75, 3.05) is 70.3 Å². The monoisotopic (exact) mass is 508 g/mol. The van der Waals surface area contributed by atoms with Crippen LogP contribution in [-0.2, 0) is 4.74 Å². The van der Waals surface area contributed by atoms with Crippen molar-refractivity contribution in [3.05, 3.63) is 36.4 Å². The smallest absolute Gasteiger partial charge is 0.351 e. The van der Waals surface area contributed by atoms with Gasteiger partial charge in [-0.1, -0.05) is 4.98 Å². The van der Waals surface area contributed by atoms with E-state index >= 15 is 0 Å². The molecule has 0 spiro atoms. The van der Waals surface area contributed by atoms with Gasteiger partial charge in [0.05, 0.1) is 60.4 Å². The normalized spacial score (nSPS) is 13.4. The van der Waals surface area contributed by atoms with Crippen molar-refractivity contribution in [2.45, 2.75) is 0 Å². The predicted molar refractivity (Wildman–Crippen MR) is 139 cm³/mol. The summed E-state index contributed by atoms with van der Waals surface area (Å²) in [6.45, 7) is 2.76. The van der Waals surface area contributed by atoms with Gasteiger partial charge in [0.1, 0.15) is 0 Å². The van der Waals surface area contributed by atoms with Gasteiger partial charge in [-0.3, -0.25) is 5.32 Å². The topological polar surface area (TPSA) is 129 Å². The van der Waals surface area contributed by atoms with Gasteiger partial charge in [0.15, 0.2) is 28.5 Å². The molecule has 2 aromatic carbocycles. The SMILES string of the molecule is COc1ccc(Nc2nc3nc(Nc4ccc(OC)c(OC)c4)[nH+]c(N4CCOCC4)c3[nH]2)cc1OC. The maximum atomic E-state index is 5.56. The van der Waals surface area contributed by atoms with Gasteiger partial charge in [-0.2, -0.15) is 4.98 Å². The zero-order chi connectivity index (χ0) is 25.8. The number of imidazole rings is 1. The molecule has 0 bridgehead atoms. The minimum atomic E-state index is 0.533. The van der Waals surface area contributed by atoms with Crippen molar-refractivity contribution in [2.24, 2.45) is 0 Å². The number of rotatable bonds is 9. The Labute approximate surface area is 213 Å². The van der Waals surface area contributed by atoms with Gasteiger partial charge in [-0.25, -0.2) is 4.98 Å². The standard InChI is InChI=1S/C25H29N7O5/c1-33-17-7-5-15(13-19(17)35-3)26-24-28-21-22(29-24)30-25(31-23(21)32-9-11-37-12-10-32)27-16-6-8-18(34-2)20(14-16)36-4/h5-8,13-14H,9-12H2,1-4H3,(H3,26,27,28,29,30,31)/p+1. The Balaban J connectivity index is 1.50.